The fourth-order valence-electron chi connectivity index (χ4n) is 2.91. The molecule has 0 spiro atoms. The summed E-state index contributed by atoms with van der Waals surface area (Å²) < 4.78 is 41.1. The van der Waals surface area contributed by atoms with Gasteiger partial charge in [0.25, 0.3) is 5.91 Å². The van der Waals surface area contributed by atoms with Crippen molar-refractivity contribution in [2.24, 2.45) is 10.7 Å². The van der Waals surface area contributed by atoms with Crippen molar-refractivity contribution >= 4 is 29.3 Å². The number of aliphatic imine (C=N–C) groups is 1. The zero-order chi connectivity index (χ0) is 22.8. The number of rotatable bonds is 5. The van der Waals surface area contributed by atoms with Gasteiger partial charge in [-0.05, 0) is 24.6 Å². The summed E-state index contributed by atoms with van der Waals surface area (Å²) in [6, 6.07) is 6.58. The number of guanidine groups is 1. The minimum absolute atomic E-state index is 0.0101. The quantitative estimate of drug-likeness (QED) is 0.549. The Morgan fingerprint density at radius 2 is 2.10 bits per heavy atom. The zero-order valence-electron chi connectivity index (χ0n) is 16.2. The van der Waals surface area contributed by atoms with Crippen LogP contribution in [-0.2, 0) is 10.3 Å². The Bertz CT molecular complexity index is 1060. The number of nitrogens with two attached hydrogens (primary N) is 2. The molecule has 2 heterocycles. The third kappa shape index (κ3) is 5.38. The van der Waals surface area contributed by atoms with Gasteiger partial charge in [0.1, 0.15) is 0 Å². The molecular weight excluding hydrogens is 419 g/mol. The lowest BCUT2D eigenvalue weighted by Crippen LogP contribution is -2.46. The second-order valence-electron chi connectivity index (χ2n) is 6.88. The minimum Gasteiger partial charge on any atom is -0.467 e. The van der Waals surface area contributed by atoms with Gasteiger partial charge < -0.3 is 21.5 Å². The second-order valence-corrected chi connectivity index (χ2v) is 6.88. The molecule has 164 valence electrons. The van der Waals surface area contributed by atoms with E-state index in [9.17, 15) is 22.8 Å². The molecule has 1 aliphatic heterocycles. The van der Waals surface area contributed by atoms with Crippen molar-refractivity contribution in [3.8, 4) is 5.88 Å². The first-order chi connectivity index (χ1) is 14.4. The average molecular weight is 437 g/mol. The largest absolute Gasteiger partial charge is 0.467 e. The Morgan fingerprint density at radius 1 is 1.35 bits per heavy atom. The number of nitrogens with zero attached hydrogens (tertiary/aromatic N) is 3. The topological polar surface area (TPSA) is 158 Å². The molecule has 1 unspecified atom stereocenters. The van der Waals surface area contributed by atoms with Crippen LogP contribution in [0.1, 0.15) is 29.4 Å². The number of alkyl halides is 3. The third-order valence-electron chi connectivity index (χ3n) is 4.26. The van der Waals surface area contributed by atoms with Gasteiger partial charge in [0.15, 0.2) is 24.1 Å². The molecule has 6 N–H and O–H groups in total. The van der Waals surface area contributed by atoms with Gasteiger partial charge in [-0.2, -0.15) is 18.2 Å². The van der Waals surface area contributed by atoms with Gasteiger partial charge in [0, 0.05) is 5.69 Å². The molecule has 0 saturated carbocycles. The molecular formula is C18H18F3N7O3. The van der Waals surface area contributed by atoms with Crippen molar-refractivity contribution in [1.82, 2.24) is 15.3 Å². The zero-order valence-corrected chi connectivity index (χ0v) is 16.2. The van der Waals surface area contributed by atoms with Crippen molar-refractivity contribution in [1.29, 1.82) is 0 Å². The molecule has 2 aromatic rings. The highest BCUT2D eigenvalue weighted by atomic mass is 19.4. The third-order valence-corrected chi connectivity index (χ3v) is 4.26. The van der Waals surface area contributed by atoms with Gasteiger partial charge in [-0.25, -0.2) is 9.98 Å². The average Bonchev–Trinajstić information content (AvgIpc) is 2.65. The summed E-state index contributed by atoms with van der Waals surface area (Å²) in [5.74, 6) is -1.91. The van der Waals surface area contributed by atoms with Gasteiger partial charge in [-0.1, -0.05) is 12.1 Å². The summed E-state index contributed by atoms with van der Waals surface area (Å²) in [5, 5.41) is 4.99. The molecule has 1 aliphatic rings. The van der Waals surface area contributed by atoms with Crippen LogP contribution >= 0.6 is 0 Å². The monoisotopic (exact) mass is 437 g/mol. The maximum absolute atomic E-state index is 12.5. The highest BCUT2D eigenvalue weighted by Crippen LogP contribution is 2.32. The molecule has 1 aromatic carbocycles. The minimum atomic E-state index is -4.55. The second kappa shape index (κ2) is 8.08. The molecule has 10 nitrogen and oxygen atoms in total. The number of carbonyl (C=O) groups excluding carboxylic acids is 2. The van der Waals surface area contributed by atoms with Crippen LogP contribution in [-0.4, -0.2) is 40.5 Å². The first-order valence-corrected chi connectivity index (χ1v) is 8.84. The number of ether oxygens (including phenoxy) is 1. The fraction of sp³-hybridized carbons (Fsp3) is 0.278. The molecule has 0 saturated heterocycles. The van der Waals surface area contributed by atoms with Crippen LogP contribution in [0.4, 0.5) is 24.7 Å². The van der Waals surface area contributed by atoms with E-state index in [0.717, 1.165) is 6.20 Å². The molecule has 2 amide bonds. The van der Waals surface area contributed by atoms with E-state index in [-0.39, 0.29) is 24.0 Å². The number of hydrogen-bond donors (Lipinski definition) is 4. The number of halogens is 3. The van der Waals surface area contributed by atoms with Crippen LogP contribution in [0.5, 0.6) is 5.88 Å². The maximum Gasteiger partial charge on any atom is 0.422 e. The van der Waals surface area contributed by atoms with Gasteiger partial charge in [-0.15, -0.1) is 0 Å². The molecule has 0 bridgehead atoms. The van der Waals surface area contributed by atoms with Crippen molar-refractivity contribution in [3.05, 3.63) is 41.7 Å². The number of aromatic nitrogens is 2. The van der Waals surface area contributed by atoms with Crippen LogP contribution in [0.15, 0.2) is 35.5 Å². The molecule has 3 rings (SSSR count). The van der Waals surface area contributed by atoms with Gasteiger partial charge in [0.05, 0.1) is 18.2 Å². The molecule has 0 aliphatic carbocycles. The van der Waals surface area contributed by atoms with Crippen LogP contribution in [0, 0.1) is 0 Å². The van der Waals surface area contributed by atoms with Gasteiger partial charge in [0.2, 0.25) is 11.8 Å². The Morgan fingerprint density at radius 3 is 2.74 bits per heavy atom. The van der Waals surface area contributed by atoms with E-state index in [1.54, 1.807) is 31.2 Å². The Balaban J connectivity index is 1.76. The Kier molecular flexibility index (Phi) is 5.69. The standard InChI is InChI=1S/C18H18F3N7O3/c1-17(6-11(29)26-16(23)28-17)9-3-2-4-10(5-9)25-15(30)13-14(22)27-12(7-24-13)31-8-18(19,20)21/h2-5,7H,6,8H2,1H3,(H2,22,27)(H,25,30)(H3,23,26,28,29). The lowest BCUT2D eigenvalue weighted by atomic mass is 9.87. The lowest BCUT2D eigenvalue weighted by molar-refractivity contribution is -0.154. The summed E-state index contributed by atoms with van der Waals surface area (Å²) in [6.45, 7) is 0.159. The molecule has 31 heavy (non-hydrogen) atoms. The van der Waals surface area contributed by atoms with Crippen LogP contribution < -0.4 is 26.8 Å². The van der Waals surface area contributed by atoms with E-state index >= 15 is 0 Å². The van der Waals surface area contributed by atoms with Crippen molar-refractivity contribution < 1.29 is 27.5 Å². The number of amides is 2. The summed E-state index contributed by atoms with van der Waals surface area (Å²) in [5.41, 5.74) is 11.0. The van der Waals surface area contributed by atoms with E-state index in [1.807, 2.05) is 0 Å². The molecule has 1 atom stereocenters. The van der Waals surface area contributed by atoms with Gasteiger partial charge in [-0.3, -0.25) is 14.9 Å². The van der Waals surface area contributed by atoms with Crippen molar-refractivity contribution in [2.45, 2.75) is 25.1 Å². The van der Waals surface area contributed by atoms with E-state index < -0.39 is 35.9 Å². The van der Waals surface area contributed by atoms with Crippen molar-refractivity contribution in [3.63, 3.8) is 0 Å². The highest BCUT2D eigenvalue weighted by molar-refractivity contribution is 6.05. The predicted octanol–water partition coefficient (Wildman–Crippen LogP) is 1.30. The van der Waals surface area contributed by atoms with Gasteiger partial charge >= 0.3 is 6.18 Å². The normalized spacial score (nSPS) is 18.7. The summed E-state index contributed by atoms with van der Waals surface area (Å²) >= 11 is 0. The lowest BCUT2D eigenvalue weighted by Gasteiger charge is -2.29. The number of hydrogen-bond acceptors (Lipinski definition) is 8. The summed E-state index contributed by atoms with van der Waals surface area (Å²) in [7, 11) is 0. The van der Waals surface area contributed by atoms with E-state index in [4.69, 9.17) is 11.5 Å². The summed E-state index contributed by atoms with van der Waals surface area (Å²) in [6.07, 6.45) is -3.63. The Labute approximate surface area is 173 Å². The van der Waals surface area contributed by atoms with E-state index in [1.165, 1.54) is 0 Å². The van der Waals surface area contributed by atoms with Crippen LogP contribution in [0.3, 0.4) is 0 Å². The number of nitrogen functional groups attached to an aromatic ring is 1. The van der Waals surface area contributed by atoms with Crippen molar-refractivity contribution in [2.75, 3.05) is 17.7 Å². The highest BCUT2D eigenvalue weighted by Gasteiger charge is 2.33. The fourth-order valence-corrected chi connectivity index (χ4v) is 2.91. The summed E-state index contributed by atoms with van der Waals surface area (Å²) in [4.78, 5) is 36.0. The number of carbonyl (C=O) groups is 2. The molecule has 0 radical (unpaired) electrons. The van der Waals surface area contributed by atoms with E-state index in [2.05, 4.69) is 30.3 Å². The number of nitrogens with one attached hydrogen (secondary N) is 2. The van der Waals surface area contributed by atoms with Crippen LogP contribution in [0.25, 0.3) is 0 Å². The van der Waals surface area contributed by atoms with E-state index in [0.29, 0.717) is 11.3 Å². The first-order valence-electron chi connectivity index (χ1n) is 8.84. The first kappa shape index (κ1) is 21.8. The smallest absolute Gasteiger partial charge is 0.422 e. The molecule has 13 heteroatoms. The molecule has 0 fully saturated rings. The Hall–Kier alpha value is -3.90. The number of anilines is 2. The maximum atomic E-state index is 12.5. The predicted molar refractivity (Wildman–Crippen MR) is 104 cm³/mol. The SMILES string of the molecule is CC1(c2cccc(NC(=O)c3ncc(OCC(F)(F)F)nc3N)c2)CC(=O)NC(N)=N1. The van der Waals surface area contributed by atoms with Crippen LogP contribution in [0.2, 0.25) is 0 Å². The molecule has 1 aromatic heterocycles. The number of benzene rings is 1.